The van der Waals surface area contributed by atoms with Crippen LogP contribution in [0.25, 0.3) is 33.1 Å². The lowest BCUT2D eigenvalue weighted by Gasteiger charge is -2.37. The highest BCUT2D eigenvalue weighted by Crippen LogP contribution is 2.54. The van der Waals surface area contributed by atoms with Crippen LogP contribution in [0.4, 0.5) is 0 Å². The summed E-state index contributed by atoms with van der Waals surface area (Å²) in [6.07, 6.45) is 2.15. The largest absolute Gasteiger partial charge is 0.416 e. The molecule has 36 heteroatoms. The number of fused-ring (bicyclic) bond motifs is 7. The van der Waals surface area contributed by atoms with Crippen LogP contribution >= 0.6 is 69.6 Å². The van der Waals surface area contributed by atoms with Crippen molar-refractivity contribution >= 4 is 139 Å². The zero-order valence-electron chi connectivity index (χ0n) is 77.0. The molecule has 4 aromatic carbocycles. The number of carbonyl (C=O) groups excluding carboxylic acids is 2. The number of carbonyl (C=O) groups is 2. The third kappa shape index (κ3) is 20.1. The van der Waals surface area contributed by atoms with E-state index in [0.29, 0.717) is 114 Å². The average Bonchev–Trinajstić information content (AvgIpc) is 1.57. The number of nitrogens with zero attached hydrogens (tertiary/aromatic N) is 10. The number of hydrogen-bond donors (Lipinski definition) is 3. The summed E-state index contributed by atoms with van der Waals surface area (Å²) in [5.41, 5.74) is 11.9. The van der Waals surface area contributed by atoms with Gasteiger partial charge in [0.2, 0.25) is 0 Å². The topological polar surface area (TPSA) is 307 Å². The Morgan fingerprint density at radius 1 is 0.411 bits per heavy atom. The first-order valence-electron chi connectivity index (χ1n) is 43.6. The van der Waals surface area contributed by atoms with Gasteiger partial charge in [-0.05, 0) is 222 Å². The van der Waals surface area contributed by atoms with Crippen LogP contribution in [0.15, 0.2) is 135 Å². The number of aromatic nitrogens is 9. The van der Waals surface area contributed by atoms with E-state index in [9.17, 15) is 19.8 Å². The molecular formula is C93H119Cl6N11O16Si3. The quantitative estimate of drug-likeness (QED) is 0.0322. The SMILES string of the molecule is CC1(C)O[C@H]2[C@@H](O1)[C@H](n1ccc3c(Cl)ncnc31)O[C@@H]2[C@@H](c1ccc(Cl)cc1CCO[Si](C)(C)C(C)(C)C)N1C(=O)c2ccccc2C1=O.CC1(C)O[C@H]2[C@@H](O1)[C@H](n1ccc3c(Cl)ncnc31)O[C@@H]2[C@H](O)c1ccc(Cl)cc1CCO[Si](C)(C)C(C)(C)C.CC1(C)O[C@H]2[C@@H](O1)[C@H](n1ccc3c(Cl)ncnc31)O[C@@H]2[C@H](O)c1ccc(Cl)cc1CCO[Si](C)(C)C(C)(C)C.CN. The van der Waals surface area contributed by atoms with Crippen molar-refractivity contribution in [3.63, 3.8) is 0 Å². The van der Waals surface area contributed by atoms with Gasteiger partial charge in [-0.25, -0.2) is 29.9 Å². The molecule has 2 amide bonds. The highest BCUT2D eigenvalue weighted by molar-refractivity contribution is 6.75. The van der Waals surface area contributed by atoms with Gasteiger partial charge in [0, 0.05) is 53.5 Å². The Kier molecular flexibility index (Phi) is 28.9. The van der Waals surface area contributed by atoms with Crippen molar-refractivity contribution < 1.29 is 75.7 Å². The third-order valence-electron chi connectivity index (χ3n) is 26.6. The molecule has 129 heavy (non-hydrogen) atoms. The molecule has 0 radical (unpaired) electrons. The van der Waals surface area contributed by atoms with E-state index in [0.717, 1.165) is 33.4 Å². The van der Waals surface area contributed by atoms with Crippen LogP contribution < -0.4 is 5.73 Å². The zero-order valence-corrected chi connectivity index (χ0v) is 84.6. The maximum atomic E-state index is 14.3. The molecule has 6 fully saturated rings. The highest BCUT2D eigenvalue weighted by Gasteiger charge is 2.63. The number of imide groups is 1. The number of amides is 2. The summed E-state index contributed by atoms with van der Waals surface area (Å²) < 4.78 is 83.2. The fraction of sp³-hybridized carbons (Fsp3) is 0.527. The van der Waals surface area contributed by atoms with E-state index in [1.54, 1.807) is 42.5 Å². The number of nitrogens with two attached hydrogens (primary N) is 1. The Labute approximate surface area is 787 Å². The summed E-state index contributed by atoms with van der Waals surface area (Å²) in [6.45, 7) is 45.9. The lowest BCUT2D eigenvalue weighted by atomic mass is 9.90. The van der Waals surface area contributed by atoms with Gasteiger partial charge in [0.1, 0.15) is 119 Å². The zero-order chi connectivity index (χ0) is 93.7. The van der Waals surface area contributed by atoms with Crippen molar-refractivity contribution in [1.82, 2.24) is 48.5 Å². The molecule has 7 aliphatic heterocycles. The van der Waals surface area contributed by atoms with Crippen LogP contribution in [-0.2, 0) is 75.2 Å². The van der Waals surface area contributed by atoms with Crippen molar-refractivity contribution in [1.29, 1.82) is 0 Å². The Balaban J connectivity index is 0.000000156. The number of benzene rings is 4. The maximum absolute atomic E-state index is 14.3. The standard InChI is InChI=1S/C36H40Cl2N4O6Si.2C28H37Cl2N3O5Si.CH5N/c1-35(2,3)49(6,7)45-17-15-20-18-21(37)12-13-22(20)26(42-32(43)23-10-8-9-11-24(23)33(42)44)27-28-29(48-36(4,5)47-28)34(46-27)41-16-14-25-30(38)39-19-40-31(25)41;2*1-27(2,3)39(6,7)35-13-11-16-14-17(29)8-9-18(16)20(34)21-22-23(38-28(4,5)37-22)26(36-21)33-12-10-19-24(30)31-15-32-25(19)33;1-2/h8-14,16,18-19,26-29,34H,15,17H2,1-7H3;2*8-10,12,14-15,20-23,26,34H,11,13H2,1-7H3;2H2,1H3/t26-,27-,28-,29-,34-;2*20-,21-,22-,23-,26-;/m111./s1. The van der Waals surface area contributed by atoms with Gasteiger partial charge in [0.15, 0.2) is 61.0 Å². The Hall–Kier alpha value is -6.33. The number of ether oxygens (including phenoxy) is 9. The molecule has 6 aromatic heterocycles. The lowest BCUT2D eigenvalue weighted by Crippen LogP contribution is -2.46. The van der Waals surface area contributed by atoms with Crippen LogP contribution in [0.2, 0.25) is 84.9 Å². The molecule has 696 valence electrons. The first-order valence-corrected chi connectivity index (χ1v) is 54.6. The van der Waals surface area contributed by atoms with Gasteiger partial charge in [-0.1, -0.05) is 162 Å². The molecule has 0 unspecified atom stereocenters. The van der Waals surface area contributed by atoms with Gasteiger partial charge in [-0.2, -0.15) is 0 Å². The number of aliphatic hydroxyl groups is 2. The summed E-state index contributed by atoms with van der Waals surface area (Å²) >= 11 is 38.4. The second-order valence-corrected chi connectivity index (χ2v) is 56.3. The van der Waals surface area contributed by atoms with Crippen molar-refractivity contribution in [3.8, 4) is 0 Å². The molecule has 10 aromatic rings. The maximum Gasteiger partial charge on any atom is 0.262 e. The average molecular weight is 1940 g/mol. The minimum absolute atomic E-state index is 0.0268. The van der Waals surface area contributed by atoms with Crippen LogP contribution in [0, 0.1) is 0 Å². The molecule has 0 aliphatic carbocycles. The molecule has 27 nitrogen and oxygen atoms in total. The van der Waals surface area contributed by atoms with Gasteiger partial charge in [-0.15, -0.1) is 0 Å². The fourth-order valence-corrected chi connectivity index (χ4v) is 21.4. The summed E-state index contributed by atoms with van der Waals surface area (Å²) in [6, 6.07) is 28.1. The Bertz CT molecular complexity index is 5520. The normalized spacial score (nSPS) is 24.8. The van der Waals surface area contributed by atoms with Crippen molar-refractivity contribution in [3.05, 3.63) is 210 Å². The molecule has 15 atom stereocenters. The number of aliphatic hydroxyl groups excluding tert-OH is 2. The highest BCUT2D eigenvalue weighted by atomic mass is 35.5. The summed E-state index contributed by atoms with van der Waals surface area (Å²) in [5.74, 6) is -3.47. The van der Waals surface area contributed by atoms with Gasteiger partial charge in [-0.3, -0.25) is 14.5 Å². The molecule has 0 bridgehead atoms. The minimum atomic E-state index is -2.07. The van der Waals surface area contributed by atoms with Gasteiger partial charge >= 0.3 is 0 Å². The van der Waals surface area contributed by atoms with E-state index in [4.69, 9.17) is 126 Å². The molecule has 13 heterocycles. The van der Waals surface area contributed by atoms with E-state index in [-0.39, 0.29) is 15.1 Å². The van der Waals surface area contributed by atoms with Crippen LogP contribution in [-0.4, -0.2) is 195 Å². The molecule has 7 aliphatic rings. The van der Waals surface area contributed by atoms with Crippen molar-refractivity contribution in [2.75, 3.05) is 26.9 Å². The van der Waals surface area contributed by atoms with Crippen LogP contribution in [0.5, 0.6) is 0 Å². The van der Waals surface area contributed by atoms with Gasteiger partial charge in [0.05, 0.1) is 33.3 Å². The molecular weight excluding hydrogens is 1820 g/mol. The molecule has 17 rings (SSSR count). The van der Waals surface area contributed by atoms with E-state index in [2.05, 4.69) is 137 Å². The second kappa shape index (κ2) is 37.7. The second-order valence-electron chi connectivity index (χ2n) is 39.5. The smallest absolute Gasteiger partial charge is 0.262 e. The predicted octanol–water partition coefficient (Wildman–Crippen LogP) is 20.2. The van der Waals surface area contributed by atoms with Gasteiger partial charge in [0.25, 0.3) is 11.8 Å². The number of halogens is 6. The number of rotatable bonds is 22. The first kappa shape index (κ1) is 98.7. The summed E-state index contributed by atoms with van der Waals surface area (Å²) in [7, 11) is -4.41. The minimum Gasteiger partial charge on any atom is -0.416 e. The van der Waals surface area contributed by atoms with Crippen molar-refractivity contribution in [2.45, 2.75) is 287 Å². The lowest BCUT2D eigenvalue weighted by molar-refractivity contribution is -0.207. The molecule has 0 saturated carbocycles. The van der Waals surface area contributed by atoms with E-state index in [1.165, 1.54) is 30.9 Å². The summed E-state index contributed by atoms with van der Waals surface area (Å²) in [5, 5.41) is 28.7. The summed E-state index contributed by atoms with van der Waals surface area (Å²) in [4.78, 5) is 55.4. The Morgan fingerprint density at radius 3 is 1.00 bits per heavy atom. The van der Waals surface area contributed by atoms with E-state index >= 15 is 0 Å². The monoisotopic (exact) mass is 1940 g/mol. The number of hydrogen-bond acceptors (Lipinski definition) is 23. The third-order valence-corrected chi connectivity index (χ3v) is 41.9. The molecule has 4 N–H and O–H groups in total. The van der Waals surface area contributed by atoms with Crippen LogP contribution in [0.1, 0.15) is 195 Å². The fourth-order valence-electron chi connectivity index (χ4n) is 17.1. The van der Waals surface area contributed by atoms with E-state index < -0.39 is 146 Å². The molecule has 0 spiro atoms. The van der Waals surface area contributed by atoms with E-state index in [1.807, 2.05) is 128 Å². The first-order chi connectivity index (χ1) is 60.4. The van der Waals surface area contributed by atoms with Crippen LogP contribution in [0.3, 0.4) is 0 Å². The van der Waals surface area contributed by atoms with Gasteiger partial charge < -0.3 is 85.6 Å². The Morgan fingerprint density at radius 2 is 0.690 bits per heavy atom. The molecule has 6 saturated heterocycles. The van der Waals surface area contributed by atoms with Crippen molar-refractivity contribution in [2.24, 2.45) is 5.73 Å². The predicted molar refractivity (Wildman–Crippen MR) is 505 cm³/mol.